The van der Waals surface area contributed by atoms with E-state index in [0.29, 0.717) is 15.2 Å². The number of halogens is 2. The first-order valence-electron chi connectivity index (χ1n) is 4.01. The van der Waals surface area contributed by atoms with Gasteiger partial charge in [-0.15, -0.1) is 0 Å². The minimum absolute atomic E-state index is 0.326. The zero-order chi connectivity index (χ0) is 11.5. The van der Waals surface area contributed by atoms with E-state index in [1.807, 2.05) is 0 Å². The summed E-state index contributed by atoms with van der Waals surface area (Å²) in [4.78, 5) is 0. The number of sulfonamides is 1. The molecule has 1 aromatic rings. The molecule has 1 aromatic carbocycles. The van der Waals surface area contributed by atoms with Crippen LogP contribution in [0.1, 0.15) is 0 Å². The summed E-state index contributed by atoms with van der Waals surface area (Å²) >= 11 is 8.93. The molecule has 2 N–H and O–H groups in total. The maximum absolute atomic E-state index is 11.3. The Balaban J connectivity index is 2.86. The summed E-state index contributed by atoms with van der Waals surface area (Å²) in [5, 5.41) is 9.03. The Kier molecular flexibility index (Phi) is 4.39. The maximum Gasteiger partial charge on any atom is 0.234 e. The predicted octanol–water partition coefficient (Wildman–Crippen LogP) is 1.84. The number of aliphatic hydroxyl groups excluding tert-OH is 1. The van der Waals surface area contributed by atoms with Crippen molar-refractivity contribution < 1.29 is 13.5 Å². The highest BCUT2D eigenvalue weighted by atomic mass is 79.9. The van der Waals surface area contributed by atoms with Crippen LogP contribution in [0, 0.1) is 0 Å². The van der Waals surface area contributed by atoms with Crippen molar-refractivity contribution in [1.29, 1.82) is 0 Å². The third-order valence-corrected chi connectivity index (χ3v) is 4.03. The van der Waals surface area contributed by atoms with Gasteiger partial charge in [0, 0.05) is 10.2 Å². The Morgan fingerprint density at radius 2 is 2.13 bits per heavy atom. The fourth-order valence-electron chi connectivity index (χ4n) is 0.910. The lowest BCUT2D eigenvalue weighted by atomic mass is 10.3. The highest BCUT2D eigenvalue weighted by Crippen LogP contribution is 2.25. The van der Waals surface area contributed by atoms with Crippen LogP contribution in [0.5, 0.6) is 0 Å². The van der Waals surface area contributed by atoms with E-state index in [1.54, 1.807) is 18.2 Å². The standard InChI is InChI=1S/C8H9BrClNO3S/c9-7-5-6(1-2-8(7)10)11-15(13,14)4-3-12/h1-2,5,11-12H,3-4H2. The lowest BCUT2D eigenvalue weighted by Gasteiger charge is -2.07. The summed E-state index contributed by atoms with van der Waals surface area (Å²) in [6, 6.07) is 4.67. The summed E-state index contributed by atoms with van der Waals surface area (Å²) in [7, 11) is -3.48. The van der Waals surface area contributed by atoms with Gasteiger partial charge in [-0.05, 0) is 34.1 Å². The third-order valence-electron chi connectivity index (χ3n) is 1.55. The third kappa shape index (κ3) is 3.98. The van der Waals surface area contributed by atoms with Crippen LogP contribution in [0.25, 0.3) is 0 Å². The first-order chi connectivity index (χ1) is 6.94. The molecule has 7 heteroatoms. The van der Waals surface area contributed by atoms with Crippen molar-refractivity contribution in [3.8, 4) is 0 Å². The topological polar surface area (TPSA) is 66.4 Å². The van der Waals surface area contributed by atoms with Gasteiger partial charge in [0.15, 0.2) is 0 Å². The van der Waals surface area contributed by atoms with Gasteiger partial charge in [-0.2, -0.15) is 0 Å². The van der Waals surface area contributed by atoms with Crippen molar-refractivity contribution in [1.82, 2.24) is 0 Å². The van der Waals surface area contributed by atoms with Crippen LogP contribution in [0.4, 0.5) is 5.69 Å². The van der Waals surface area contributed by atoms with E-state index in [1.165, 1.54) is 0 Å². The van der Waals surface area contributed by atoms with E-state index in [4.69, 9.17) is 16.7 Å². The number of hydrogen-bond donors (Lipinski definition) is 2. The number of hydrogen-bond acceptors (Lipinski definition) is 3. The van der Waals surface area contributed by atoms with E-state index in [0.717, 1.165) is 0 Å². The molecule has 0 heterocycles. The monoisotopic (exact) mass is 313 g/mol. The number of nitrogens with one attached hydrogen (secondary N) is 1. The molecule has 0 bridgehead atoms. The van der Waals surface area contributed by atoms with Gasteiger partial charge in [0.1, 0.15) is 0 Å². The Hall–Kier alpha value is -0.300. The van der Waals surface area contributed by atoms with Crippen LogP contribution in [0.15, 0.2) is 22.7 Å². The second kappa shape index (κ2) is 5.16. The maximum atomic E-state index is 11.3. The normalized spacial score (nSPS) is 11.4. The second-order valence-corrected chi connectivity index (χ2v) is 5.88. The molecule has 0 aliphatic rings. The van der Waals surface area contributed by atoms with Gasteiger partial charge in [-0.1, -0.05) is 11.6 Å². The molecule has 0 saturated carbocycles. The molecule has 0 radical (unpaired) electrons. The first-order valence-corrected chi connectivity index (χ1v) is 6.83. The number of aliphatic hydroxyl groups is 1. The van der Waals surface area contributed by atoms with E-state index in [9.17, 15) is 8.42 Å². The van der Waals surface area contributed by atoms with Gasteiger partial charge in [0.2, 0.25) is 10.0 Å². The molecular weight excluding hydrogens is 306 g/mol. The van der Waals surface area contributed by atoms with Crippen molar-refractivity contribution >= 4 is 43.2 Å². The SMILES string of the molecule is O=S(=O)(CCO)Nc1ccc(Cl)c(Br)c1. The molecule has 84 valence electrons. The molecular formula is C8H9BrClNO3S. The van der Waals surface area contributed by atoms with Gasteiger partial charge in [-0.3, -0.25) is 4.72 Å². The van der Waals surface area contributed by atoms with E-state index in [-0.39, 0.29) is 5.75 Å². The minimum atomic E-state index is -3.48. The second-order valence-electron chi connectivity index (χ2n) is 2.77. The number of anilines is 1. The van der Waals surface area contributed by atoms with Crippen LogP contribution in [-0.4, -0.2) is 25.9 Å². The summed E-state index contributed by atoms with van der Waals surface area (Å²) in [5.74, 6) is -0.326. The van der Waals surface area contributed by atoms with Gasteiger partial charge in [-0.25, -0.2) is 8.42 Å². The Morgan fingerprint density at radius 1 is 1.47 bits per heavy atom. The average Bonchev–Trinajstić information content (AvgIpc) is 2.10. The number of rotatable bonds is 4. The zero-order valence-electron chi connectivity index (χ0n) is 7.57. The molecule has 0 aliphatic heterocycles. The Labute approximate surface area is 101 Å². The predicted molar refractivity (Wildman–Crippen MR) is 63.6 cm³/mol. The lowest BCUT2D eigenvalue weighted by molar-refractivity contribution is 0.320. The largest absolute Gasteiger partial charge is 0.395 e. The fourth-order valence-corrected chi connectivity index (χ4v) is 2.24. The van der Waals surface area contributed by atoms with Crippen LogP contribution < -0.4 is 4.72 Å². The van der Waals surface area contributed by atoms with Gasteiger partial charge in [0.25, 0.3) is 0 Å². The van der Waals surface area contributed by atoms with Crippen LogP contribution in [-0.2, 0) is 10.0 Å². The van der Waals surface area contributed by atoms with Gasteiger partial charge >= 0.3 is 0 Å². The van der Waals surface area contributed by atoms with Crippen LogP contribution in [0.3, 0.4) is 0 Å². The quantitative estimate of drug-likeness (QED) is 0.891. The summed E-state index contributed by atoms with van der Waals surface area (Å²) in [6.07, 6.45) is 0. The van der Waals surface area contributed by atoms with Crippen molar-refractivity contribution in [3.63, 3.8) is 0 Å². The van der Waals surface area contributed by atoms with Crippen molar-refractivity contribution in [2.24, 2.45) is 0 Å². The fraction of sp³-hybridized carbons (Fsp3) is 0.250. The van der Waals surface area contributed by atoms with Crippen molar-refractivity contribution in [2.45, 2.75) is 0 Å². The molecule has 4 nitrogen and oxygen atoms in total. The average molecular weight is 315 g/mol. The minimum Gasteiger partial charge on any atom is -0.395 e. The molecule has 0 aromatic heterocycles. The van der Waals surface area contributed by atoms with Gasteiger partial charge in [0.05, 0.1) is 17.4 Å². The highest BCUT2D eigenvalue weighted by molar-refractivity contribution is 9.10. The van der Waals surface area contributed by atoms with E-state index < -0.39 is 16.6 Å². The highest BCUT2D eigenvalue weighted by Gasteiger charge is 2.09. The Bertz CT molecular complexity index is 449. The molecule has 0 unspecified atom stereocenters. The summed E-state index contributed by atoms with van der Waals surface area (Å²) in [5.41, 5.74) is 0.403. The van der Waals surface area contributed by atoms with E-state index in [2.05, 4.69) is 20.7 Å². The summed E-state index contributed by atoms with van der Waals surface area (Å²) < 4.78 is 25.5. The Morgan fingerprint density at radius 3 is 2.67 bits per heavy atom. The van der Waals surface area contributed by atoms with Crippen molar-refractivity contribution in [2.75, 3.05) is 17.1 Å². The molecule has 0 spiro atoms. The molecule has 0 atom stereocenters. The number of benzene rings is 1. The zero-order valence-corrected chi connectivity index (χ0v) is 10.7. The van der Waals surface area contributed by atoms with E-state index >= 15 is 0 Å². The molecule has 0 saturated heterocycles. The molecule has 15 heavy (non-hydrogen) atoms. The van der Waals surface area contributed by atoms with Gasteiger partial charge < -0.3 is 5.11 Å². The smallest absolute Gasteiger partial charge is 0.234 e. The molecule has 1 rings (SSSR count). The lowest BCUT2D eigenvalue weighted by Crippen LogP contribution is -2.18. The summed E-state index contributed by atoms with van der Waals surface area (Å²) in [6.45, 7) is -0.413. The van der Waals surface area contributed by atoms with Crippen LogP contribution >= 0.6 is 27.5 Å². The first kappa shape index (κ1) is 12.8. The van der Waals surface area contributed by atoms with Crippen LogP contribution in [0.2, 0.25) is 5.02 Å². The molecule has 0 aliphatic carbocycles. The molecule has 0 amide bonds. The molecule has 0 fully saturated rings. The van der Waals surface area contributed by atoms with Crippen molar-refractivity contribution in [3.05, 3.63) is 27.7 Å².